The van der Waals surface area contributed by atoms with Crippen LogP contribution in [0.2, 0.25) is 0 Å². The van der Waals surface area contributed by atoms with Gasteiger partial charge < -0.3 is 45.0 Å². The molecule has 59 heavy (non-hydrogen) atoms. The summed E-state index contributed by atoms with van der Waals surface area (Å²) in [6, 6.07) is 34.2. The molecule has 0 radical (unpaired) electrons. The minimum absolute atomic E-state index is 0.193. The zero-order chi connectivity index (χ0) is 42.4. The number of carbonyl (C=O) groups is 4. The summed E-state index contributed by atoms with van der Waals surface area (Å²) < 4.78 is 25.1. The number of piperidine rings is 1. The van der Waals surface area contributed by atoms with Gasteiger partial charge in [0, 0.05) is 30.3 Å². The Morgan fingerprint density at radius 3 is 1.69 bits per heavy atom. The summed E-state index contributed by atoms with van der Waals surface area (Å²) in [5.41, 5.74) is -6.55. The number of aliphatic hydroxyl groups excluding tert-OH is 1. The standard InChI is InChI=1S/C27H26FNO4.C18H14O8/c28-21-8-6-20(7-9-21)27(31)12-14-29(15-13-27)24-18-33-25-16-22(10-11-23(25)26(24)30)32-17-19-4-2-1-3-5-19;19-13(11-7-3-1-4-8-11)17(25,15(21)22)18(26,16(23)24)14(20)12-9-5-2-6-10-12/h1-11,16,30-31H,12-15,17-18H2;1-10,25-26H,(H,21,22)(H,23,24). The molecular formula is C45H40FNO12. The number of aliphatic hydroxyl groups is 4. The highest BCUT2D eigenvalue weighted by atomic mass is 19.1. The molecule has 6 N–H and O–H groups in total. The van der Waals surface area contributed by atoms with Crippen molar-refractivity contribution in [1.82, 2.24) is 4.90 Å². The van der Waals surface area contributed by atoms with E-state index in [1.807, 2.05) is 42.5 Å². The van der Waals surface area contributed by atoms with Gasteiger partial charge in [0.05, 0.1) is 16.9 Å². The van der Waals surface area contributed by atoms with Crippen LogP contribution in [0.4, 0.5) is 4.39 Å². The zero-order valence-electron chi connectivity index (χ0n) is 31.4. The Labute approximate surface area is 337 Å². The fourth-order valence-corrected chi connectivity index (χ4v) is 6.88. The molecule has 0 amide bonds. The summed E-state index contributed by atoms with van der Waals surface area (Å²) in [5.74, 6) is -6.89. The predicted octanol–water partition coefficient (Wildman–Crippen LogP) is 5.39. The van der Waals surface area contributed by atoms with Crippen molar-refractivity contribution >= 4 is 29.3 Å². The van der Waals surface area contributed by atoms with Gasteiger partial charge in [0.25, 0.3) is 11.2 Å². The Morgan fingerprint density at radius 2 is 1.20 bits per heavy atom. The normalized spacial score (nSPS) is 16.4. The molecule has 2 heterocycles. The van der Waals surface area contributed by atoms with E-state index in [2.05, 4.69) is 4.90 Å². The summed E-state index contributed by atoms with van der Waals surface area (Å²) in [7, 11) is 0. The first-order chi connectivity index (χ1) is 28.2. The van der Waals surface area contributed by atoms with Crippen LogP contribution in [0.1, 0.15) is 50.2 Å². The van der Waals surface area contributed by atoms with Crippen molar-refractivity contribution in [2.24, 2.45) is 0 Å². The number of ketones is 2. The lowest BCUT2D eigenvalue weighted by molar-refractivity contribution is -0.187. The topological polar surface area (TPSA) is 211 Å². The molecule has 5 aromatic carbocycles. The summed E-state index contributed by atoms with van der Waals surface area (Å²) >= 11 is 0. The average Bonchev–Trinajstić information content (AvgIpc) is 3.26. The second kappa shape index (κ2) is 17.3. The summed E-state index contributed by atoms with van der Waals surface area (Å²) in [6.45, 7) is 1.82. The van der Waals surface area contributed by atoms with Crippen LogP contribution in [0, 0.1) is 5.82 Å². The lowest BCUT2D eigenvalue weighted by Crippen LogP contribution is -2.71. The van der Waals surface area contributed by atoms with Crippen molar-refractivity contribution in [1.29, 1.82) is 0 Å². The molecule has 0 spiro atoms. The molecule has 0 bridgehead atoms. The number of benzene rings is 5. The lowest BCUT2D eigenvalue weighted by atomic mass is 9.73. The lowest BCUT2D eigenvalue weighted by Gasteiger charge is -2.41. The number of halogens is 1. The highest BCUT2D eigenvalue weighted by molar-refractivity contribution is 6.28. The van der Waals surface area contributed by atoms with Gasteiger partial charge in [-0.3, -0.25) is 9.59 Å². The molecule has 1 saturated heterocycles. The summed E-state index contributed by atoms with van der Waals surface area (Å²) in [5, 5.41) is 61.9. The van der Waals surface area contributed by atoms with Gasteiger partial charge in [-0.2, -0.15) is 0 Å². The van der Waals surface area contributed by atoms with Crippen molar-refractivity contribution in [2.75, 3.05) is 19.7 Å². The number of aliphatic carboxylic acids is 2. The van der Waals surface area contributed by atoms with Gasteiger partial charge in [0.2, 0.25) is 11.6 Å². The minimum Gasteiger partial charge on any atom is -0.505 e. The second-order valence-corrected chi connectivity index (χ2v) is 14.0. The molecule has 1 fully saturated rings. The number of hydrogen-bond donors (Lipinski definition) is 6. The van der Waals surface area contributed by atoms with Gasteiger partial charge in [-0.1, -0.05) is 103 Å². The fraction of sp³-hybridized carbons (Fsp3) is 0.200. The molecule has 13 nitrogen and oxygen atoms in total. The van der Waals surface area contributed by atoms with Crippen molar-refractivity contribution < 1.29 is 63.7 Å². The third kappa shape index (κ3) is 8.41. The van der Waals surface area contributed by atoms with Crippen LogP contribution in [0.3, 0.4) is 0 Å². The van der Waals surface area contributed by atoms with E-state index in [1.165, 1.54) is 48.5 Å². The van der Waals surface area contributed by atoms with E-state index in [9.17, 15) is 54.2 Å². The SMILES string of the molecule is O=C(O)C(O)(C(=O)c1ccccc1)C(O)(C(=O)O)C(=O)c1ccccc1.OC1=C(N2CCC(O)(c3ccc(F)cc3)CC2)COc2cc(OCc3ccccc3)ccc21. The van der Waals surface area contributed by atoms with Gasteiger partial charge in [-0.25, -0.2) is 14.0 Å². The Bertz CT molecular complexity index is 2270. The number of likely N-dealkylation sites (tertiary alicyclic amines) is 1. The van der Waals surface area contributed by atoms with Crippen LogP contribution in [-0.2, 0) is 21.8 Å². The number of hydrogen-bond acceptors (Lipinski definition) is 11. The maximum atomic E-state index is 13.2. The maximum absolute atomic E-state index is 13.2. The van der Waals surface area contributed by atoms with Gasteiger partial charge >= 0.3 is 11.9 Å². The summed E-state index contributed by atoms with van der Waals surface area (Å²) in [4.78, 5) is 50.6. The Morgan fingerprint density at radius 1 is 0.712 bits per heavy atom. The molecule has 304 valence electrons. The Balaban J connectivity index is 0.000000205. The van der Waals surface area contributed by atoms with E-state index in [1.54, 1.807) is 18.2 Å². The monoisotopic (exact) mass is 805 g/mol. The Hall–Kier alpha value is -6.87. The van der Waals surface area contributed by atoms with E-state index < -0.39 is 51.4 Å². The van der Waals surface area contributed by atoms with Crippen molar-refractivity contribution in [2.45, 2.75) is 36.3 Å². The van der Waals surface area contributed by atoms with Crippen molar-refractivity contribution in [3.8, 4) is 11.5 Å². The van der Waals surface area contributed by atoms with Crippen LogP contribution < -0.4 is 9.47 Å². The number of fused-ring (bicyclic) bond motifs is 1. The first-order valence-corrected chi connectivity index (χ1v) is 18.4. The summed E-state index contributed by atoms with van der Waals surface area (Å²) in [6.07, 6.45) is 0.961. The minimum atomic E-state index is -3.95. The van der Waals surface area contributed by atoms with E-state index in [0.29, 0.717) is 55.3 Å². The molecule has 2 aliphatic heterocycles. The van der Waals surface area contributed by atoms with Crippen LogP contribution >= 0.6 is 0 Å². The molecule has 0 aliphatic carbocycles. The molecule has 0 saturated carbocycles. The molecule has 7 rings (SSSR count). The van der Waals surface area contributed by atoms with Crippen molar-refractivity contribution in [3.05, 3.63) is 173 Å². The van der Waals surface area contributed by atoms with Gasteiger partial charge in [-0.15, -0.1) is 0 Å². The molecule has 0 aromatic heterocycles. The first kappa shape index (κ1) is 41.8. The van der Waals surface area contributed by atoms with Gasteiger partial charge in [-0.05, 0) is 48.2 Å². The molecule has 14 heteroatoms. The third-order valence-corrected chi connectivity index (χ3v) is 10.3. The molecule has 5 aromatic rings. The highest BCUT2D eigenvalue weighted by Gasteiger charge is 2.69. The molecular weight excluding hydrogens is 765 g/mol. The average molecular weight is 806 g/mol. The van der Waals surface area contributed by atoms with Crippen LogP contribution in [-0.4, -0.2) is 89.9 Å². The van der Waals surface area contributed by atoms with E-state index in [4.69, 9.17) is 9.47 Å². The maximum Gasteiger partial charge on any atom is 0.348 e. The second-order valence-electron chi connectivity index (χ2n) is 14.0. The van der Waals surface area contributed by atoms with E-state index in [-0.39, 0.29) is 18.2 Å². The number of nitrogens with zero attached hydrogens (tertiary/aromatic N) is 1. The number of ether oxygens (including phenoxy) is 2. The van der Waals surface area contributed by atoms with Crippen LogP contribution in [0.5, 0.6) is 11.5 Å². The largest absolute Gasteiger partial charge is 0.505 e. The van der Waals surface area contributed by atoms with E-state index in [0.717, 1.165) is 35.4 Å². The van der Waals surface area contributed by atoms with Crippen molar-refractivity contribution in [3.63, 3.8) is 0 Å². The van der Waals surface area contributed by atoms with Crippen LogP contribution in [0.15, 0.2) is 139 Å². The predicted molar refractivity (Wildman–Crippen MR) is 210 cm³/mol. The van der Waals surface area contributed by atoms with Gasteiger partial charge in [0.15, 0.2) is 0 Å². The number of carboxylic acid groups (broad SMARTS) is 2. The number of carbonyl (C=O) groups excluding carboxylic acids is 2. The van der Waals surface area contributed by atoms with E-state index >= 15 is 0 Å². The first-order valence-electron chi connectivity index (χ1n) is 18.4. The Kier molecular flexibility index (Phi) is 12.3. The number of carboxylic acids is 2. The smallest absolute Gasteiger partial charge is 0.348 e. The third-order valence-electron chi connectivity index (χ3n) is 10.3. The number of rotatable bonds is 12. The molecule has 2 atom stereocenters. The highest BCUT2D eigenvalue weighted by Crippen LogP contribution is 2.39. The number of Topliss-reactive ketones (excluding diaryl/α,β-unsaturated/α-hetero) is 2. The van der Waals surface area contributed by atoms with Crippen LogP contribution in [0.25, 0.3) is 5.76 Å². The molecule has 2 unspecified atom stereocenters. The zero-order valence-corrected chi connectivity index (χ0v) is 31.4. The quantitative estimate of drug-likeness (QED) is 0.0691. The molecule has 2 aliphatic rings. The van der Waals surface area contributed by atoms with Gasteiger partial charge in [0.1, 0.15) is 36.3 Å². The fourth-order valence-electron chi connectivity index (χ4n) is 6.88.